The molecule has 1 saturated heterocycles. The van der Waals surface area contributed by atoms with Gasteiger partial charge in [-0.3, -0.25) is 4.79 Å². The van der Waals surface area contributed by atoms with E-state index in [0.29, 0.717) is 37.2 Å². The van der Waals surface area contributed by atoms with Crippen LogP contribution in [0.3, 0.4) is 0 Å². The van der Waals surface area contributed by atoms with Crippen LogP contribution < -0.4 is 4.90 Å². The van der Waals surface area contributed by atoms with Gasteiger partial charge in [0.25, 0.3) is 0 Å². The van der Waals surface area contributed by atoms with Crippen LogP contribution in [0, 0.1) is 5.41 Å². The number of phenolic OH excluding ortho intramolecular Hbond substituents is 1. The number of carboxylic acids is 1. The molecule has 120 valence electrons. The lowest BCUT2D eigenvalue weighted by Crippen LogP contribution is -2.42. The van der Waals surface area contributed by atoms with E-state index in [1.807, 2.05) is 12.1 Å². The van der Waals surface area contributed by atoms with Crippen LogP contribution in [0.5, 0.6) is 5.75 Å². The van der Waals surface area contributed by atoms with Crippen molar-refractivity contribution in [1.29, 1.82) is 0 Å². The smallest absolute Gasteiger partial charge is 0.309 e. The summed E-state index contributed by atoms with van der Waals surface area (Å²) < 4.78 is 0. The number of phenols is 1. The zero-order valence-electron chi connectivity index (χ0n) is 12.9. The Bertz CT molecular complexity index is 725. The maximum atomic E-state index is 11.3. The maximum Gasteiger partial charge on any atom is 0.309 e. The van der Waals surface area contributed by atoms with Gasteiger partial charge in [0.05, 0.1) is 23.0 Å². The van der Waals surface area contributed by atoms with Gasteiger partial charge in [-0.2, -0.15) is 10.2 Å². The molecular formula is C17H19N3O3. The predicted molar refractivity (Wildman–Crippen MR) is 86.3 cm³/mol. The molecule has 2 aromatic rings. The van der Waals surface area contributed by atoms with Crippen LogP contribution in [-0.2, 0) is 4.79 Å². The van der Waals surface area contributed by atoms with E-state index in [1.54, 1.807) is 31.3 Å². The molecule has 1 aliphatic rings. The molecule has 3 rings (SSSR count). The highest BCUT2D eigenvalue weighted by atomic mass is 16.4. The van der Waals surface area contributed by atoms with Gasteiger partial charge in [0.15, 0.2) is 0 Å². The number of rotatable bonds is 3. The average Bonchev–Trinajstić information content (AvgIpc) is 2.56. The SMILES string of the molecule is CC1(C(=O)O)CCN(c2cnnc(-c3ccccc3O)c2)CC1. The zero-order valence-corrected chi connectivity index (χ0v) is 12.9. The number of benzene rings is 1. The van der Waals surface area contributed by atoms with Crippen LogP contribution in [0.1, 0.15) is 19.8 Å². The van der Waals surface area contributed by atoms with E-state index in [4.69, 9.17) is 0 Å². The standard InChI is InChI=1S/C17H19N3O3/c1-17(16(22)23)6-8-20(9-7-17)12-10-14(19-18-11-12)13-4-2-3-5-15(13)21/h2-5,10-11,21H,6-9H2,1H3,(H,22,23). The van der Waals surface area contributed by atoms with Gasteiger partial charge in [-0.1, -0.05) is 12.1 Å². The largest absolute Gasteiger partial charge is 0.507 e. The van der Waals surface area contributed by atoms with Gasteiger partial charge in [0.2, 0.25) is 0 Å². The number of hydrogen-bond donors (Lipinski definition) is 2. The summed E-state index contributed by atoms with van der Waals surface area (Å²) in [7, 11) is 0. The number of aliphatic carboxylic acids is 1. The van der Waals surface area contributed by atoms with Gasteiger partial charge in [-0.15, -0.1) is 0 Å². The molecule has 2 heterocycles. The van der Waals surface area contributed by atoms with Crippen molar-refractivity contribution in [3.63, 3.8) is 0 Å². The Morgan fingerprint density at radius 2 is 1.96 bits per heavy atom. The summed E-state index contributed by atoms with van der Waals surface area (Å²) in [6, 6.07) is 8.88. The fraction of sp³-hybridized carbons (Fsp3) is 0.353. The third kappa shape index (κ3) is 2.97. The molecule has 6 nitrogen and oxygen atoms in total. The van der Waals surface area contributed by atoms with Crippen molar-refractivity contribution in [2.75, 3.05) is 18.0 Å². The zero-order chi connectivity index (χ0) is 16.4. The summed E-state index contributed by atoms with van der Waals surface area (Å²) in [6.07, 6.45) is 2.86. The number of nitrogens with zero attached hydrogens (tertiary/aromatic N) is 3. The van der Waals surface area contributed by atoms with Gasteiger partial charge in [-0.25, -0.2) is 0 Å². The highest BCUT2D eigenvalue weighted by Crippen LogP contribution is 2.34. The minimum atomic E-state index is -0.736. The van der Waals surface area contributed by atoms with E-state index in [1.165, 1.54) is 0 Å². The van der Waals surface area contributed by atoms with Gasteiger partial charge < -0.3 is 15.1 Å². The molecule has 1 aliphatic heterocycles. The Morgan fingerprint density at radius 1 is 1.26 bits per heavy atom. The summed E-state index contributed by atoms with van der Waals surface area (Å²) in [5.74, 6) is -0.573. The lowest BCUT2D eigenvalue weighted by atomic mass is 9.80. The third-order valence-corrected chi connectivity index (χ3v) is 4.57. The Balaban J connectivity index is 1.82. The van der Waals surface area contributed by atoms with Crippen LogP contribution in [0.25, 0.3) is 11.3 Å². The van der Waals surface area contributed by atoms with Crippen molar-refractivity contribution in [2.45, 2.75) is 19.8 Å². The Hall–Kier alpha value is -2.63. The summed E-state index contributed by atoms with van der Waals surface area (Å²) >= 11 is 0. The fourth-order valence-corrected chi connectivity index (χ4v) is 2.82. The molecule has 0 bridgehead atoms. The topological polar surface area (TPSA) is 86.5 Å². The van der Waals surface area contributed by atoms with Gasteiger partial charge in [0, 0.05) is 18.7 Å². The quantitative estimate of drug-likeness (QED) is 0.905. The number of carbonyl (C=O) groups is 1. The van der Waals surface area contributed by atoms with Crippen LogP contribution >= 0.6 is 0 Å². The summed E-state index contributed by atoms with van der Waals surface area (Å²) in [4.78, 5) is 13.4. The first-order chi connectivity index (χ1) is 11.0. The highest BCUT2D eigenvalue weighted by Gasteiger charge is 2.37. The number of aromatic nitrogens is 2. The molecule has 0 unspecified atom stereocenters. The van der Waals surface area contributed by atoms with E-state index >= 15 is 0 Å². The van der Waals surface area contributed by atoms with Crippen LogP contribution in [0.15, 0.2) is 36.5 Å². The van der Waals surface area contributed by atoms with Crippen molar-refractivity contribution in [3.05, 3.63) is 36.5 Å². The molecule has 1 fully saturated rings. The van der Waals surface area contributed by atoms with Crippen molar-refractivity contribution in [3.8, 4) is 17.0 Å². The summed E-state index contributed by atoms with van der Waals surface area (Å²) in [5.41, 5.74) is 1.48. The first-order valence-corrected chi connectivity index (χ1v) is 7.59. The number of hydrogen-bond acceptors (Lipinski definition) is 5. The number of para-hydroxylation sites is 1. The Labute approximate surface area is 134 Å². The molecule has 23 heavy (non-hydrogen) atoms. The van der Waals surface area contributed by atoms with Gasteiger partial charge in [-0.05, 0) is 38.0 Å². The van der Waals surface area contributed by atoms with E-state index < -0.39 is 11.4 Å². The second kappa shape index (κ2) is 5.87. The van der Waals surface area contributed by atoms with E-state index in [-0.39, 0.29) is 5.75 Å². The number of aromatic hydroxyl groups is 1. The average molecular weight is 313 g/mol. The van der Waals surface area contributed by atoms with Crippen molar-refractivity contribution >= 4 is 11.7 Å². The van der Waals surface area contributed by atoms with Crippen molar-refractivity contribution in [1.82, 2.24) is 10.2 Å². The van der Waals surface area contributed by atoms with Crippen LogP contribution in [0.2, 0.25) is 0 Å². The highest BCUT2D eigenvalue weighted by molar-refractivity contribution is 5.75. The molecule has 1 aromatic heterocycles. The monoisotopic (exact) mass is 313 g/mol. The van der Waals surface area contributed by atoms with Crippen LogP contribution in [-0.4, -0.2) is 39.5 Å². The van der Waals surface area contributed by atoms with E-state index in [9.17, 15) is 15.0 Å². The summed E-state index contributed by atoms with van der Waals surface area (Å²) in [6.45, 7) is 3.12. The Morgan fingerprint density at radius 3 is 2.61 bits per heavy atom. The second-order valence-electron chi connectivity index (χ2n) is 6.17. The normalized spacial score (nSPS) is 17.0. The van der Waals surface area contributed by atoms with Gasteiger partial charge >= 0.3 is 5.97 Å². The van der Waals surface area contributed by atoms with Crippen molar-refractivity contribution < 1.29 is 15.0 Å². The number of piperidine rings is 1. The predicted octanol–water partition coefficient (Wildman–Crippen LogP) is 2.54. The molecule has 0 aliphatic carbocycles. The fourth-order valence-electron chi connectivity index (χ4n) is 2.82. The van der Waals surface area contributed by atoms with Gasteiger partial charge in [0.1, 0.15) is 5.75 Å². The molecule has 1 aromatic carbocycles. The maximum absolute atomic E-state index is 11.3. The molecule has 2 N–H and O–H groups in total. The molecule has 0 spiro atoms. The Kier molecular flexibility index (Phi) is 3.90. The van der Waals surface area contributed by atoms with E-state index in [0.717, 1.165) is 5.69 Å². The second-order valence-corrected chi connectivity index (χ2v) is 6.17. The molecule has 0 amide bonds. The number of anilines is 1. The minimum absolute atomic E-state index is 0.163. The molecule has 0 atom stereocenters. The van der Waals surface area contributed by atoms with Crippen molar-refractivity contribution in [2.24, 2.45) is 5.41 Å². The lowest BCUT2D eigenvalue weighted by molar-refractivity contribution is -0.149. The third-order valence-electron chi connectivity index (χ3n) is 4.57. The summed E-state index contributed by atoms with van der Waals surface area (Å²) in [5, 5.41) is 27.4. The lowest BCUT2D eigenvalue weighted by Gasteiger charge is -2.37. The molecule has 0 saturated carbocycles. The van der Waals surface area contributed by atoms with E-state index in [2.05, 4.69) is 15.1 Å². The first kappa shape index (κ1) is 15.3. The first-order valence-electron chi connectivity index (χ1n) is 7.59. The molecular weight excluding hydrogens is 294 g/mol. The van der Waals surface area contributed by atoms with Crippen LogP contribution in [0.4, 0.5) is 5.69 Å². The number of carboxylic acid groups (broad SMARTS) is 1. The molecule has 0 radical (unpaired) electrons. The minimum Gasteiger partial charge on any atom is -0.507 e. The molecule has 6 heteroatoms.